The summed E-state index contributed by atoms with van der Waals surface area (Å²) in [6.45, 7) is 1.55. The van der Waals surface area contributed by atoms with Gasteiger partial charge in [0.05, 0.1) is 16.3 Å². The molecular weight excluding hydrogens is 217 g/mol. The summed E-state index contributed by atoms with van der Waals surface area (Å²) in [5.41, 5.74) is 0.667. The van der Waals surface area contributed by atoms with Gasteiger partial charge in [-0.05, 0) is 13.0 Å². The van der Waals surface area contributed by atoms with Crippen LogP contribution in [0, 0.1) is 12.7 Å². The fraction of sp³-hybridized carbons (Fsp3) is 0.100. The maximum absolute atomic E-state index is 13.4. The Hall–Kier alpha value is -1.55. The molecule has 0 aliphatic rings. The number of halogens is 2. The van der Waals surface area contributed by atoms with Crippen LogP contribution >= 0.6 is 11.6 Å². The molecule has 2 aromatic rings. The Kier molecular flexibility index (Phi) is 2.60. The van der Waals surface area contributed by atoms with Gasteiger partial charge < -0.3 is 0 Å². The van der Waals surface area contributed by atoms with Crippen molar-refractivity contribution in [3.8, 4) is 11.4 Å². The number of hydrogen-bond donors (Lipinski definition) is 0. The largest absolute Gasteiger partial charge is 0.258 e. The molecule has 0 aliphatic carbocycles. The van der Waals surface area contributed by atoms with Gasteiger partial charge in [0.25, 0.3) is 0 Å². The molecule has 2 rings (SSSR count). The van der Waals surface area contributed by atoms with E-state index in [1.165, 1.54) is 6.20 Å². The van der Waals surface area contributed by atoms with E-state index in [1.54, 1.807) is 25.4 Å². The van der Waals surface area contributed by atoms with Crippen LogP contribution in [0.15, 0.2) is 24.7 Å². The monoisotopic (exact) mass is 223 g/mol. The predicted octanol–water partition coefficient (Wildman–Crippen LogP) is 2.64. The van der Waals surface area contributed by atoms with Gasteiger partial charge in [-0.15, -0.1) is 0 Å². The van der Waals surface area contributed by atoms with E-state index in [-0.39, 0.29) is 10.7 Å². The zero-order chi connectivity index (χ0) is 10.8. The van der Waals surface area contributed by atoms with Crippen molar-refractivity contribution in [2.75, 3.05) is 0 Å². The average Bonchev–Trinajstić information content (AvgIpc) is 2.27. The Labute approximate surface area is 91.0 Å². The van der Waals surface area contributed by atoms with Crippen LogP contribution in [0.5, 0.6) is 0 Å². The molecule has 0 aliphatic heterocycles. The summed E-state index contributed by atoms with van der Waals surface area (Å²) in [5.74, 6) is -0.157. The molecule has 0 fully saturated rings. The van der Waals surface area contributed by atoms with Crippen LogP contribution in [0.2, 0.25) is 5.02 Å². The predicted molar refractivity (Wildman–Crippen MR) is 55.0 cm³/mol. The van der Waals surface area contributed by atoms with E-state index in [2.05, 4.69) is 15.0 Å². The Morgan fingerprint density at radius 2 is 1.87 bits per heavy atom. The van der Waals surface area contributed by atoms with Crippen molar-refractivity contribution in [2.45, 2.75) is 6.92 Å². The number of aryl methyl sites for hydroxylation is 1. The number of nitrogens with zero attached hydrogens (tertiary/aromatic N) is 3. The van der Waals surface area contributed by atoms with Crippen LogP contribution in [-0.4, -0.2) is 15.0 Å². The Bertz CT molecular complexity index is 488. The molecule has 0 spiro atoms. The maximum Gasteiger partial charge on any atom is 0.163 e. The summed E-state index contributed by atoms with van der Waals surface area (Å²) in [4.78, 5) is 11.8. The van der Waals surface area contributed by atoms with Gasteiger partial charge in [0.1, 0.15) is 0 Å². The lowest BCUT2D eigenvalue weighted by Gasteiger charge is -2.04. The molecule has 0 N–H and O–H groups in total. The van der Waals surface area contributed by atoms with Crippen molar-refractivity contribution in [3.63, 3.8) is 0 Å². The first kappa shape index (κ1) is 9.98. The molecule has 0 atom stereocenters. The zero-order valence-corrected chi connectivity index (χ0v) is 8.66. The van der Waals surface area contributed by atoms with Gasteiger partial charge in [-0.25, -0.2) is 14.4 Å². The molecule has 3 nitrogen and oxygen atoms in total. The van der Waals surface area contributed by atoms with Crippen LogP contribution in [0.4, 0.5) is 4.39 Å². The number of aromatic nitrogens is 3. The van der Waals surface area contributed by atoms with E-state index in [0.717, 1.165) is 0 Å². The van der Waals surface area contributed by atoms with Gasteiger partial charge in [0.2, 0.25) is 0 Å². The highest BCUT2D eigenvalue weighted by Crippen LogP contribution is 2.27. The molecule has 2 heterocycles. The lowest BCUT2D eigenvalue weighted by atomic mass is 10.2. The summed E-state index contributed by atoms with van der Waals surface area (Å²) in [7, 11) is 0. The van der Waals surface area contributed by atoms with Crippen molar-refractivity contribution < 1.29 is 4.39 Å². The molecule has 0 amide bonds. The lowest BCUT2D eigenvalue weighted by Crippen LogP contribution is -1.95. The van der Waals surface area contributed by atoms with E-state index < -0.39 is 5.82 Å². The normalized spacial score (nSPS) is 10.3. The highest BCUT2D eigenvalue weighted by molar-refractivity contribution is 6.33. The molecule has 0 radical (unpaired) electrons. The molecule has 0 unspecified atom stereocenters. The zero-order valence-electron chi connectivity index (χ0n) is 7.91. The summed E-state index contributed by atoms with van der Waals surface area (Å²) < 4.78 is 13.4. The second-order valence-electron chi connectivity index (χ2n) is 2.96. The molecule has 5 heteroatoms. The number of hydrogen-bond acceptors (Lipinski definition) is 3. The molecule has 0 aromatic carbocycles. The first-order chi connectivity index (χ1) is 7.20. The molecule has 2 aromatic heterocycles. The maximum atomic E-state index is 13.4. The minimum atomic E-state index is -0.526. The summed E-state index contributed by atoms with van der Waals surface area (Å²) in [6.07, 6.45) is 4.60. The van der Waals surface area contributed by atoms with Gasteiger partial charge in [-0.3, -0.25) is 4.98 Å². The summed E-state index contributed by atoms with van der Waals surface area (Å²) in [6, 6.07) is 1.68. The summed E-state index contributed by atoms with van der Waals surface area (Å²) >= 11 is 5.84. The minimum Gasteiger partial charge on any atom is -0.258 e. The van der Waals surface area contributed by atoms with Gasteiger partial charge in [-0.1, -0.05) is 11.6 Å². The summed E-state index contributed by atoms with van der Waals surface area (Å²) in [5, 5.41) is 0.00806. The third-order valence-electron chi connectivity index (χ3n) is 1.94. The van der Waals surface area contributed by atoms with Gasteiger partial charge in [0.15, 0.2) is 11.6 Å². The van der Waals surface area contributed by atoms with Gasteiger partial charge >= 0.3 is 0 Å². The van der Waals surface area contributed by atoms with Crippen molar-refractivity contribution in [2.24, 2.45) is 0 Å². The quantitative estimate of drug-likeness (QED) is 0.746. The fourth-order valence-corrected chi connectivity index (χ4v) is 1.42. The molecule has 0 saturated heterocycles. The topological polar surface area (TPSA) is 38.7 Å². The molecule has 76 valence electrons. The van der Waals surface area contributed by atoms with E-state index in [1.807, 2.05) is 0 Å². The van der Waals surface area contributed by atoms with Crippen molar-refractivity contribution in [1.29, 1.82) is 0 Å². The fourth-order valence-electron chi connectivity index (χ4n) is 1.15. The van der Waals surface area contributed by atoms with Gasteiger partial charge in [-0.2, -0.15) is 0 Å². The number of rotatable bonds is 1. The molecular formula is C10H7ClFN3. The van der Waals surface area contributed by atoms with E-state index in [4.69, 9.17) is 11.6 Å². The van der Waals surface area contributed by atoms with Crippen molar-refractivity contribution >= 4 is 11.6 Å². The first-order valence-electron chi connectivity index (χ1n) is 4.28. The highest BCUT2D eigenvalue weighted by atomic mass is 35.5. The Balaban J connectivity index is 2.60. The standard InChI is InChI=1S/C10H7ClFN3/c1-6-9(12)8(11)7(5-15-6)10-13-3-2-4-14-10/h2-5H,1H3. The van der Waals surface area contributed by atoms with Crippen LogP contribution in [0.25, 0.3) is 11.4 Å². The first-order valence-corrected chi connectivity index (χ1v) is 4.66. The van der Waals surface area contributed by atoms with Gasteiger partial charge in [0, 0.05) is 18.6 Å². The molecule has 0 bridgehead atoms. The second kappa shape index (κ2) is 3.90. The van der Waals surface area contributed by atoms with E-state index in [0.29, 0.717) is 11.4 Å². The van der Waals surface area contributed by atoms with E-state index >= 15 is 0 Å². The van der Waals surface area contributed by atoms with Crippen LogP contribution in [0.3, 0.4) is 0 Å². The van der Waals surface area contributed by atoms with Crippen LogP contribution in [-0.2, 0) is 0 Å². The van der Waals surface area contributed by atoms with Crippen molar-refractivity contribution in [3.05, 3.63) is 41.2 Å². The minimum absolute atomic E-state index is 0.00806. The molecule has 0 saturated carbocycles. The van der Waals surface area contributed by atoms with Crippen LogP contribution < -0.4 is 0 Å². The second-order valence-corrected chi connectivity index (χ2v) is 3.34. The third-order valence-corrected chi connectivity index (χ3v) is 2.31. The van der Waals surface area contributed by atoms with Crippen LogP contribution in [0.1, 0.15) is 5.69 Å². The number of pyridine rings is 1. The van der Waals surface area contributed by atoms with E-state index in [9.17, 15) is 4.39 Å². The SMILES string of the molecule is Cc1ncc(-c2ncccn2)c(Cl)c1F. The highest BCUT2D eigenvalue weighted by Gasteiger charge is 2.13. The third kappa shape index (κ3) is 1.80. The van der Waals surface area contributed by atoms with Crippen molar-refractivity contribution in [1.82, 2.24) is 15.0 Å². The average molecular weight is 224 g/mol. The lowest BCUT2D eigenvalue weighted by molar-refractivity contribution is 0.610. The molecule has 15 heavy (non-hydrogen) atoms. The smallest absolute Gasteiger partial charge is 0.163 e. The Morgan fingerprint density at radius 1 is 1.20 bits per heavy atom. The Morgan fingerprint density at radius 3 is 2.53 bits per heavy atom.